The van der Waals surface area contributed by atoms with Crippen LogP contribution in [0, 0.1) is 17.5 Å². The number of rotatable bonds is 18. The Labute approximate surface area is 690 Å². The van der Waals surface area contributed by atoms with Crippen LogP contribution in [0.2, 0.25) is 15.1 Å². The number of nitrogens with one attached hydrogen (secondary N) is 2. The van der Waals surface area contributed by atoms with E-state index in [0.29, 0.717) is 137 Å². The highest BCUT2D eigenvalue weighted by Gasteiger charge is 2.35. The maximum atomic E-state index is 16.6. The van der Waals surface area contributed by atoms with Crippen molar-refractivity contribution < 1.29 is 52.5 Å². The molecule has 5 amide bonds. The number of carbonyl (C=O) groups excluding carboxylic acids is 5. The van der Waals surface area contributed by atoms with E-state index >= 15 is 13.2 Å². The largest absolute Gasteiger partial charge is 0.512 e. The highest BCUT2D eigenvalue weighted by molar-refractivity contribution is 6.35. The number of anilines is 5. The molecular weight excluding hydrogens is 1560 g/mol. The normalized spacial score (nSPS) is 16.0. The van der Waals surface area contributed by atoms with Gasteiger partial charge in [-0.15, -0.1) is 0 Å². The average Bonchev–Trinajstić information content (AvgIpc) is 0.826. The van der Waals surface area contributed by atoms with Crippen LogP contribution in [-0.4, -0.2) is 219 Å². The van der Waals surface area contributed by atoms with Crippen LogP contribution in [0.4, 0.5) is 42.5 Å². The Hall–Kier alpha value is -11.8. The van der Waals surface area contributed by atoms with Gasteiger partial charge in [-0.3, -0.25) is 24.0 Å². The molecule has 0 radical (unpaired) electrons. The number of allylic oxidation sites excluding steroid dienone is 5. The summed E-state index contributed by atoms with van der Waals surface area (Å²) >= 11 is 20.3. The van der Waals surface area contributed by atoms with E-state index in [1.54, 1.807) is 93.5 Å². The topological polar surface area (TPSA) is 273 Å². The summed E-state index contributed by atoms with van der Waals surface area (Å²) in [4.78, 5) is 102. The quantitative estimate of drug-likeness (QED) is 0.0499. The van der Waals surface area contributed by atoms with Gasteiger partial charge in [0, 0.05) is 207 Å². The van der Waals surface area contributed by atoms with Crippen molar-refractivity contribution in [3.63, 3.8) is 0 Å². The number of carbonyl (C=O) groups is 5. The molecule has 3 saturated heterocycles. The molecule has 30 heteroatoms. The number of aromatic nitrogens is 6. The lowest BCUT2D eigenvalue weighted by Crippen LogP contribution is -2.49. The molecule has 5 N–H and O–H groups in total. The Bertz CT molecular complexity index is 5610. The van der Waals surface area contributed by atoms with Crippen molar-refractivity contribution in [3.8, 4) is 16.9 Å². The van der Waals surface area contributed by atoms with Crippen LogP contribution in [0.15, 0.2) is 158 Å². The molecule has 0 unspecified atom stereocenters. The van der Waals surface area contributed by atoms with Crippen molar-refractivity contribution in [1.82, 2.24) is 54.4 Å². The van der Waals surface area contributed by atoms with Crippen molar-refractivity contribution in [2.75, 3.05) is 145 Å². The molecule has 24 nitrogen and oxygen atoms in total. The fourth-order valence-electron chi connectivity index (χ4n) is 15.5. The smallest absolute Gasteiger partial charge is 0.246 e. The SMILES string of the molecule is C/C=C/C(=O)N1CCN(c2nc(NCCC(=O)N(C)C)nc3c(F)c([C@@H]4C=C(O)Cc5ccccc54)c(Cl)cc23)CC1.C=CC(=O)N1CCN(c2nc(NCCC(=O)N(C)C)nc3c(F)c([C@@H]4C=C(O)Cc5ccccc54)c(Cl)cc23)CC1.CCCC(=O)N1CCN(c2ncnc3c(F)c(-c4cc(O)cc5ccccc45)c(Cl)cc23)CC1. The highest BCUT2D eigenvalue weighted by Crippen LogP contribution is 2.47. The highest BCUT2D eigenvalue weighted by atomic mass is 35.5. The van der Waals surface area contributed by atoms with E-state index in [-0.39, 0.29) is 133 Å². The molecule has 117 heavy (non-hydrogen) atoms. The van der Waals surface area contributed by atoms with Crippen molar-refractivity contribution in [3.05, 3.63) is 224 Å². The summed E-state index contributed by atoms with van der Waals surface area (Å²) in [5.41, 5.74) is 5.01. The first kappa shape index (κ1) is 83.1. The number of hydrogen-bond donors (Lipinski definition) is 5. The van der Waals surface area contributed by atoms with Gasteiger partial charge in [0.05, 0.1) is 16.5 Å². The van der Waals surface area contributed by atoms with E-state index in [0.717, 1.165) is 39.4 Å². The fourth-order valence-corrected chi connectivity index (χ4v) is 16.4. The molecule has 0 spiro atoms. The molecule has 15 rings (SSSR count). The van der Waals surface area contributed by atoms with E-state index in [4.69, 9.17) is 44.8 Å². The lowest BCUT2D eigenvalue weighted by Gasteiger charge is -2.35. The van der Waals surface area contributed by atoms with Gasteiger partial charge in [-0.1, -0.05) is 127 Å². The minimum atomic E-state index is -0.602. The van der Waals surface area contributed by atoms with Gasteiger partial charge in [0.15, 0.2) is 17.5 Å². The van der Waals surface area contributed by atoms with Gasteiger partial charge >= 0.3 is 0 Å². The first-order valence-corrected chi connectivity index (χ1v) is 39.9. The minimum Gasteiger partial charge on any atom is -0.512 e. The second kappa shape index (κ2) is 36.6. The number of fused-ring (bicyclic) bond motifs is 6. The summed E-state index contributed by atoms with van der Waals surface area (Å²) in [7, 11) is 6.73. The third-order valence-electron chi connectivity index (χ3n) is 21.5. The molecule has 3 aromatic heterocycles. The number of nitrogens with zero attached hydrogens (tertiary/aromatic N) is 14. The summed E-state index contributed by atoms with van der Waals surface area (Å²) in [6, 6.07) is 30.8. The van der Waals surface area contributed by atoms with E-state index < -0.39 is 29.3 Å². The zero-order chi connectivity index (χ0) is 83.0. The van der Waals surface area contributed by atoms with Crippen LogP contribution in [0.25, 0.3) is 54.6 Å². The molecule has 7 aromatic carbocycles. The molecule has 10 aromatic rings. The number of phenolic OH excluding ortho intramolecular Hbond substituents is 1. The third-order valence-corrected chi connectivity index (χ3v) is 22.4. The maximum absolute atomic E-state index is 16.6. The van der Waals surface area contributed by atoms with E-state index in [1.165, 1.54) is 28.3 Å². The Morgan fingerprint density at radius 3 is 1.47 bits per heavy atom. The number of halogens is 6. The van der Waals surface area contributed by atoms with Gasteiger partial charge in [0.2, 0.25) is 41.4 Å². The Morgan fingerprint density at radius 1 is 0.530 bits per heavy atom. The van der Waals surface area contributed by atoms with Crippen LogP contribution in [0.3, 0.4) is 0 Å². The van der Waals surface area contributed by atoms with Crippen LogP contribution >= 0.6 is 34.8 Å². The number of benzene rings is 7. The maximum Gasteiger partial charge on any atom is 0.246 e. The van der Waals surface area contributed by atoms with Gasteiger partial charge < -0.3 is 65.2 Å². The zero-order valence-corrected chi connectivity index (χ0v) is 68.0. The summed E-state index contributed by atoms with van der Waals surface area (Å²) in [5, 5.41) is 41.0. The third kappa shape index (κ3) is 18.1. The minimum absolute atomic E-state index is 0.0307. The zero-order valence-electron chi connectivity index (χ0n) is 65.7. The first-order valence-electron chi connectivity index (χ1n) is 38.8. The van der Waals surface area contributed by atoms with Crippen LogP contribution in [-0.2, 0) is 36.8 Å². The predicted molar refractivity (Wildman–Crippen MR) is 453 cm³/mol. The lowest BCUT2D eigenvalue weighted by atomic mass is 9.82. The van der Waals surface area contributed by atoms with Crippen molar-refractivity contribution in [2.45, 2.75) is 64.2 Å². The molecule has 3 aliphatic heterocycles. The summed E-state index contributed by atoms with van der Waals surface area (Å²) in [6.45, 7) is 14.0. The Morgan fingerprint density at radius 2 is 0.983 bits per heavy atom. The van der Waals surface area contributed by atoms with E-state index in [1.807, 2.05) is 99.3 Å². The van der Waals surface area contributed by atoms with Crippen LogP contribution in [0.5, 0.6) is 5.75 Å². The number of hydrogen-bond acceptors (Lipinski definition) is 19. The van der Waals surface area contributed by atoms with Crippen molar-refractivity contribution >= 4 is 137 Å². The second-order valence-corrected chi connectivity index (χ2v) is 30.7. The fraction of sp³-hybridized carbons (Fsp3) is 0.322. The molecule has 6 heterocycles. The number of piperazine rings is 3. The summed E-state index contributed by atoms with van der Waals surface area (Å²) in [6.07, 6.45) is 11.7. The van der Waals surface area contributed by atoms with Crippen LogP contribution < -0.4 is 25.3 Å². The standard InChI is InChI=1S/C31H34ClFN6O3.C30H32ClFN6O3.C26H24ClFN4O2/c1-4-7-26(42)38-12-14-39(15-13-38)30-23-18-24(32)27(22-17-20(40)16-19-8-5-6-9-21(19)22)28(33)29(23)35-31(36-30)34-11-10-25(41)37(2)3;1-4-24(40)37-11-13-38(14-12-37)29-22-17-23(31)26(21-16-19(39)15-18-7-5-6-8-20(18)21)27(32)28(22)34-30(35-29)33-10-9-25(41)36(2)3;1-2-5-22(34)31-8-10-32(11-9-31)26-20-14-21(27)23(24(28)25(20)29-15-30-26)19-13-17(33)12-16-6-3-4-7-18(16)19/h4-9,17-18,22,40H,10-16H2,1-3H3,(H,34,35,36);4-8,16-17,21,39H,1,9-15H2,2-3H3,(H,33,34,35);3-4,6-7,12-15,33H,2,5,8-11H2,1H3/b7-4+;;/t22-;21-;/m11./s1. The van der Waals surface area contributed by atoms with Crippen molar-refractivity contribution in [1.29, 1.82) is 0 Å². The van der Waals surface area contributed by atoms with Gasteiger partial charge in [-0.2, -0.15) is 9.97 Å². The Balaban J connectivity index is 0.000000153. The van der Waals surface area contributed by atoms with Crippen LogP contribution in [0.1, 0.15) is 84.7 Å². The summed E-state index contributed by atoms with van der Waals surface area (Å²) < 4.78 is 49.1. The summed E-state index contributed by atoms with van der Waals surface area (Å²) in [5.74, 6) is -0.853. The van der Waals surface area contributed by atoms with Gasteiger partial charge in [0.25, 0.3) is 0 Å². The molecule has 5 aliphatic rings. The number of aromatic hydroxyl groups is 1. The average molecular weight is 1650 g/mol. The van der Waals surface area contributed by atoms with Crippen molar-refractivity contribution in [2.24, 2.45) is 0 Å². The number of phenols is 1. The molecule has 2 atom stereocenters. The molecule has 0 bridgehead atoms. The number of aliphatic hydroxyl groups excluding tert-OH is 2. The molecular formula is C87H90Cl3F3N16O8. The van der Waals surface area contributed by atoms with Gasteiger partial charge in [0.1, 0.15) is 46.1 Å². The first-order chi connectivity index (χ1) is 56.3. The Kier molecular flexibility index (Phi) is 26.0. The molecule has 0 saturated carbocycles. The number of aliphatic hydroxyl groups is 2. The second-order valence-electron chi connectivity index (χ2n) is 29.5. The lowest BCUT2D eigenvalue weighted by molar-refractivity contribution is -0.131. The molecule has 608 valence electrons. The van der Waals surface area contributed by atoms with E-state index in [9.17, 15) is 39.3 Å². The molecule has 3 fully saturated rings. The predicted octanol–water partition coefficient (Wildman–Crippen LogP) is 14.3. The number of amides is 5. The monoisotopic (exact) mass is 1650 g/mol. The van der Waals surface area contributed by atoms with Gasteiger partial charge in [-0.25, -0.2) is 33.1 Å². The van der Waals surface area contributed by atoms with E-state index in [2.05, 4.69) is 37.1 Å². The molecule has 2 aliphatic carbocycles. The van der Waals surface area contributed by atoms with Gasteiger partial charge in [-0.05, 0) is 107 Å².